The Morgan fingerprint density at radius 2 is 2.25 bits per heavy atom. The van der Waals surface area contributed by atoms with Crippen LogP contribution in [0.25, 0.3) is 0 Å². The topological polar surface area (TPSA) is 79.8 Å². The molecule has 0 unspecified atom stereocenters. The molecule has 0 bridgehead atoms. The van der Waals surface area contributed by atoms with Gasteiger partial charge in [0.1, 0.15) is 18.0 Å². The molecule has 0 radical (unpaired) electrons. The molecule has 0 spiro atoms. The predicted octanol–water partition coefficient (Wildman–Crippen LogP) is 1.37. The lowest BCUT2D eigenvalue weighted by molar-refractivity contribution is 0.0950. The number of hydrogen-bond acceptors (Lipinski definition) is 5. The number of aromatic nitrogens is 3. The molecular formula is C13H14FN5O. The van der Waals surface area contributed by atoms with Gasteiger partial charge in [-0.1, -0.05) is 0 Å². The predicted molar refractivity (Wildman–Crippen MR) is 71.6 cm³/mol. The molecular weight excluding hydrogens is 261 g/mol. The summed E-state index contributed by atoms with van der Waals surface area (Å²) in [6.07, 6.45) is 4.05. The van der Waals surface area contributed by atoms with E-state index in [-0.39, 0.29) is 12.1 Å². The van der Waals surface area contributed by atoms with Crippen LogP contribution in [-0.4, -0.2) is 27.4 Å². The quantitative estimate of drug-likeness (QED) is 0.861. The van der Waals surface area contributed by atoms with Crippen LogP contribution >= 0.6 is 0 Å². The van der Waals surface area contributed by atoms with Crippen molar-refractivity contribution in [1.29, 1.82) is 0 Å². The second-order valence-corrected chi connectivity index (χ2v) is 3.96. The highest BCUT2D eigenvalue weighted by Crippen LogP contribution is 2.13. The molecule has 20 heavy (non-hydrogen) atoms. The summed E-state index contributed by atoms with van der Waals surface area (Å²) in [6, 6.07) is 2.84. The number of amides is 1. The third-order valence-corrected chi connectivity index (χ3v) is 2.52. The highest BCUT2D eigenvalue weighted by molar-refractivity contribution is 5.98. The maximum atomic E-state index is 13.2. The number of carbonyl (C=O) groups is 1. The number of nitrogens with one attached hydrogen (secondary N) is 2. The zero-order chi connectivity index (χ0) is 14.4. The van der Waals surface area contributed by atoms with E-state index >= 15 is 0 Å². The lowest BCUT2D eigenvalue weighted by Crippen LogP contribution is -2.25. The van der Waals surface area contributed by atoms with Gasteiger partial charge in [-0.15, -0.1) is 0 Å². The number of nitrogens with zero attached hydrogens (tertiary/aromatic N) is 3. The minimum Gasteiger partial charge on any atom is -0.370 e. The summed E-state index contributed by atoms with van der Waals surface area (Å²) in [6.45, 7) is 2.70. The smallest absolute Gasteiger partial charge is 0.255 e. The van der Waals surface area contributed by atoms with Gasteiger partial charge in [0, 0.05) is 12.7 Å². The van der Waals surface area contributed by atoms with E-state index in [1.54, 1.807) is 12.3 Å². The number of halogens is 1. The van der Waals surface area contributed by atoms with Gasteiger partial charge >= 0.3 is 0 Å². The number of rotatable bonds is 5. The Morgan fingerprint density at radius 3 is 2.95 bits per heavy atom. The number of hydrogen-bond donors (Lipinski definition) is 2. The SMILES string of the molecule is CCNc1ncc(F)cc1C(=O)NCc1ccncn1. The minimum absolute atomic E-state index is 0.168. The Hall–Kier alpha value is -2.57. The second-order valence-electron chi connectivity index (χ2n) is 3.96. The summed E-state index contributed by atoms with van der Waals surface area (Å²) in [4.78, 5) is 23.7. The van der Waals surface area contributed by atoms with Crippen LogP contribution in [0.4, 0.5) is 10.2 Å². The van der Waals surface area contributed by atoms with E-state index in [4.69, 9.17) is 0 Å². The van der Waals surface area contributed by atoms with Gasteiger partial charge in [0.2, 0.25) is 0 Å². The van der Waals surface area contributed by atoms with Crippen molar-refractivity contribution < 1.29 is 9.18 Å². The Kier molecular flexibility index (Phi) is 4.54. The summed E-state index contributed by atoms with van der Waals surface area (Å²) < 4.78 is 13.2. The van der Waals surface area contributed by atoms with Crippen molar-refractivity contribution in [3.63, 3.8) is 0 Å². The van der Waals surface area contributed by atoms with Crippen molar-refractivity contribution >= 4 is 11.7 Å². The first-order valence-electron chi connectivity index (χ1n) is 6.13. The Balaban J connectivity index is 2.10. The molecule has 7 heteroatoms. The van der Waals surface area contributed by atoms with E-state index in [0.717, 1.165) is 12.3 Å². The van der Waals surface area contributed by atoms with Gasteiger partial charge in [-0.05, 0) is 19.1 Å². The van der Waals surface area contributed by atoms with Crippen LogP contribution in [0.5, 0.6) is 0 Å². The van der Waals surface area contributed by atoms with E-state index in [9.17, 15) is 9.18 Å². The van der Waals surface area contributed by atoms with Crippen LogP contribution in [0, 0.1) is 5.82 Å². The lowest BCUT2D eigenvalue weighted by Gasteiger charge is -2.10. The van der Waals surface area contributed by atoms with Crippen molar-refractivity contribution in [2.45, 2.75) is 13.5 Å². The number of anilines is 1. The van der Waals surface area contributed by atoms with Gasteiger partial charge in [-0.2, -0.15) is 0 Å². The molecule has 0 aliphatic heterocycles. The third-order valence-electron chi connectivity index (χ3n) is 2.52. The highest BCUT2D eigenvalue weighted by atomic mass is 19.1. The van der Waals surface area contributed by atoms with E-state index in [1.165, 1.54) is 6.33 Å². The molecule has 0 aromatic carbocycles. The first-order valence-corrected chi connectivity index (χ1v) is 6.13. The molecule has 0 saturated heterocycles. The van der Waals surface area contributed by atoms with E-state index in [0.29, 0.717) is 18.1 Å². The lowest BCUT2D eigenvalue weighted by atomic mass is 10.2. The second kappa shape index (κ2) is 6.55. The zero-order valence-electron chi connectivity index (χ0n) is 10.9. The average Bonchev–Trinajstić information content (AvgIpc) is 2.48. The highest BCUT2D eigenvalue weighted by Gasteiger charge is 2.13. The van der Waals surface area contributed by atoms with Crippen molar-refractivity contribution in [2.24, 2.45) is 0 Å². The summed E-state index contributed by atoms with van der Waals surface area (Å²) in [5.41, 5.74) is 0.837. The first-order chi connectivity index (χ1) is 9.70. The van der Waals surface area contributed by atoms with Crippen LogP contribution in [0.3, 0.4) is 0 Å². The maximum Gasteiger partial charge on any atom is 0.255 e. The summed E-state index contributed by atoms with van der Waals surface area (Å²) in [7, 11) is 0. The Bertz CT molecular complexity index is 591. The molecule has 0 atom stereocenters. The molecule has 2 rings (SSSR count). The van der Waals surface area contributed by atoms with Crippen LogP contribution in [0.2, 0.25) is 0 Å². The summed E-state index contributed by atoms with van der Waals surface area (Å²) in [5.74, 6) is -0.612. The normalized spacial score (nSPS) is 10.1. The van der Waals surface area contributed by atoms with Gasteiger partial charge in [-0.25, -0.2) is 19.3 Å². The molecule has 0 fully saturated rings. The fourth-order valence-corrected chi connectivity index (χ4v) is 1.61. The van der Waals surface area contributed by atoms with Gasteiger partial charge in [0.25, 0.3) is 5.91 Å². The van der Waals surface area contributed by atoms with Crippen LogP contribution in [0.15, 0.2) is 30.9 Å². The molecule has 2 heterocycles. The zero-order valence-corrected chi connectivity index (χ0v) is 10.9. The van der Waals surface area contributed by atoms with Gasteiger partial charge in [0.05, 0.1) is 24.0 Å². The molecule has 6 nitrogen and oxygen atoms in total. The fraction of sp³-hybridized carbons (Fsp3) is 0.231. The van der Waals surface area contributed by atoms with Crippen LogP contribution < -0.4 is 10.6 Å². The maximum absolute atomic E-state index is 13.2. The Labute approximate surface area is 115 Å². The van der Waals surface area contributed by atoms with E-state index in [2.05, 4.69) is 25.6 Å². The van der Waals surface area contributed by atoms with E-state index in [1.807, 2.05) is 6.92 Å². The van der Waals surface area contributed by atoms with Gasteiger partial charge < -0.3 is 10.6 Å². The van der Waals surface area contributed by atoms with Crippen molar-refractivity contribution in [1.82, 2.24) is 20.3 Å². The molecule has 2 N–H and O–H groups in total. The summed E-state index contributed by atoms with van der Waals surface area (Å²) in [5, 5.41) is 5.58. The standard InChI is InChI=1S/C13H14FN5O/c1-2-16-12-11(5-9(14)6-17-12)13(20)18-7-10-3-4-15-8-19-10/h3-6,8H,2,7H2,1H3,(H,16,17)(H,18,20). The Morgan fingerprint density at radius 1 is 1.40 bits per heavy atom. The van der Waals surface area contributed by atoms with E-state index < -0.39 is 11.7 Å². The van der Waals surface area contributed by atoms with Crippen molar-refractivity contribution in [3.8, 4) is 0 Å². The average molecular weight is 275 g/mol. The monoisotopic (exact) mass is 275 g/mol. The fourth-order valence-electron chi connectivity index (χ4n) is 1.61. The van der Waals surface area contributed by atoms with Crippen molar-refractivity contribution in [2.75, 3.05) is 11.9 Å². The third kappa shape index (κ3) is 3.47. The largest absolute Gasteiger partial charge is 0.370 e. The molecule has 2 aromatic heterocycles. The molecule has 1 amide bonds. The number of pyridine rings is 1. The van der Waals surface area contributed by atoms with Crippen LogP contribution in [0.1, 0.15) is 23.0 Å². The van der Waals surface area contributed by atoms with Gasteiger partial charge in [0.15, 0.2) is 0 Å². The summed E-state index contributed by atoms with van der Waals surface area (Å²) >= 11 is 0. The molecule has 104 valence electrons. The number of carbonyl (C=O) groups excluding carboxylic acids is 1. The molecule has 0 aliphatic carbocycles. The van der Waals surface area contributed by atoms with Crippen molar-refractivity contribution in [3.05, 3.63) is 47.9 Å². The van der Waals surface area contributed by atoms with Gasteiger partial charge in [-0.3, -0.25) is 4.79 Å². The molecule has 2 aromatic rings. The molecule has 0 aliphatic rings. The van der Waals surface area contributed by atoms with Crippen LogP contribution in [-0.2, 0) is 6.54 Å². The minimum atomic E-state index is -0.557. The first kappa shape index (κ1) is 13.9. The molecule has 0 saturated carbocycles.